The highest BCUT2D eigenvalue weighted by Gasteiger charge is 2.44. The fraction of sp³-hybridized carbons (Fsp3) is 0.409. The molecule has 5 heteroatoms. The molecule has 1 heterocycles. The molecule has 2 aromatic carbocycles. The fourth-order valence-electron chi connectivity index (χ4n) is 4.27. The van der Waals surface area contributed by atoms with Gasteiger partial charge in [-0.3, -0.25) is 4.79 Å². The number of rotatable bonds is 4. The summed E-state index contributed by atoms with van der Waals surface area (Å²) in [6.45, 7) is -0.0167. The van der Waals surface area contributed by atoms with E-state index in [4.69, 9.17) is 14.2 Å². The van der Waals surface area contributed by atoms with Crippen molar-refractivity contribution in [2.45, 2.75) is 50.7 Å². The topological polar surface area (TPSA) is 56.8 Å². The number of fused-ring (bicyclic) bond motifs is 2. The lowest BCUT2D eigenvalue weighted by Crippen LogP contribution is -2.34. The van der Waals surface area contributed by atoms with Crippen LogP contribution in [0.4, 0.5) is 5.69 Å². The fourth-order valence-corrected chi connectivity index (χ4v) is 4.27. The van der Waals surface area contributed by atoms with Crippen LogP contribution in [-0.2, 0) is 17.6 Å². The Hall–Kier alpha value is -2.69. The van der Waals surface area contributed by atoms with Crippen molar-refractivity contribution < 1.29 is 19.0 Å². The summed E-state index contributed by atoms with van der Waals surface area (Å²) in [5.41, 5.74) is 3.42. The van der Waals surface area contributed by atoms with Gasteiger partial charge in [-0.2, -0.15) is 0 Å². The van der Waals surface area contributed by atoms with E-state index >= 15 is 0 Å². The molecule has 1 aliphatic heterocycles. The van der Waals surface area contributed by atoms with Gasteiger partial charge in [0.2, 0.25) is 0 Å². The van der Waals surface area contributed by atoms with E-state index in [1.165, 1.54) is 17.5 Å². The number of aryl methyl sites for hydroxylation is 2. The molecule has 1 amide bonds. The minimum absolute atomic E-state index is 0.0167. The number of ether oxygens (including phenoxy) is 3. The standard InChI is InChI=1S/C22H23NO4/c24-21(14-25-18-8-6-15-4-3-5-16(15)12-18)23-17-7-9-19-20(13-17)27-22(26-19)10-1-2-11-22/h6-9,12-13H,1-5,10-11,14H2,(H,23,24). The predicted molar refractivity (Wildman–Crippen MR) is 101 cm³/mol. The number of anilines is 1. The molecule has 0 atom stereocenters. The molecule has 1 saturated carbocycles. The maximum absolute atomic E-state index is 12.3. The van der Waals surface area contributed by atoms with E-state index in [0.29, 0.717) is 11.4 Å². The van der Waals surface area contributed by atoms with Gasteiger partial charge < -0.3 is 19.5 Å². The number of nitrogens with one attached hydrogen (secondary N) is 1. The number of carbonyl (C=O) groups is 1. The van der Waals surface area contributed by atoms with Crippen molar-refractivity contribution in [3.63, 3.8) is 0 Å². The molecule has 2 aliphatic carbocycles. The van der Waals surface area contributed by atoms with Crippen molar-refractivity contribution in [1.82, 2.24) is 0 Å². The average molecular weight is 365 g/mol. The molecule has 3 aliphatic rings. The number of hydrogen-bond donors (Lipinski definition) is 1. The van der Waals surface area contributed by atoms with Gasteiger partial charge in [0.25, 0.3) is 11.7 Å². The summed E-state index contributed by atoms with van der Waals surface area (Å²) in [4.78, 5) is 12.3. The predicted octanol–water partition coefficient (Wildman–Crippen LogP) is 4.23. The van der Waals surface area contributed by atoms with Crippen molar-refractivity contribution in [1.29, 1.82) is 0 Å². The van der Waals surface area contributed by atoms with E-state index in [-0.39, 0.29) is 12.5 Å². The number of benzene rings is 2. The largest absolute Gasteiger partial charge is 0.484 e. The Labute approximate surface area is 158 Å². The molecule has 140 valence electrons. The van der Waals surface area contributed by atoms with Gasteiger partial charge in [-0.15, -0.1) is 0 Å². The summed E-state index contributed by atoms with van der Waals surface area (Å²) >= 11 is 0. The first-order valence-corrected chi connectivity index (χ1v) is 9.76. The summed E-state index contributed by atoms with van der Waals surface area (Å²) in [5, 5.41) is 2.87. The Morgan fingerprint density at radius 3 is 2.67 bits per heavy atom. The highest BCUT2D eigenvalue weighted by atomic mass is 16.7. The number of hydrogen-bond acceptors (Lipinski definition) is 4. The maximum atomic E-state index is 12.3. The Bertz CT molecular complexity index is 886. The second-order valence-corrected chi connectivity index (χ2v) is 7.60. The van der Waals surface area contributed by atoms with Gasteiger partial charge in [-0.1, -0.05) is 6.07 Å². The van der Waals surface area contributed by atoms with E-state index in [2.05, 4.69) is 17.4 Å². The van der Waals surface area contributed by atoms with Crippen molar-refractivity contribution >= 4 is 11.6 Å². The Kier molecular flexibility index (Phi) is 3.96. The SMILES string of the molecule is O=C(COc1ccc2c(c1)CCC2)Nc1ccc2c(c1)OC1(CCCC1)O2. The molecule has 1 spiro atoms. The van der Waals surface area contributed by atoms with Crippen LogP contribution in [0.3, 0.4) is 0 Å². The molecule has 0 radical (unpaired) electrons. The molecular formula is C22H23NO4. The minimum Gasteiger partial charge on any atom is -0.484 e. The molecule has 0 unspecified atom stereocenters. The summed E-state index contributed by atoms with van der Waals surface area (Å²) < 4.78 is 17.7. The van der Waals surface area contributed by atoms with Crippen LogP contribution >= 0.6 is 0 Å². The van der Waals surface area contributed by atoms with Gasteiger partial charge in [0.15, 0.2) is 18.1 Å². The van der Waals surface area contributed by atoms with Gasteiger partial charge in [0, 0.05) is 24.6 Å². The van der Waals surface area contributed by atoms with Gasteiger partial charge in [-0.05, 0) is 67.5 Å². The normalized spacial score (nSPS) is 18.5. The van der Waals surface area contributed by atoms with Crippen LogP contribution in [0.1, 0.15) is 43.2 Å². The third-order valence-electron chi connectivity index (χ3n) is 5.62. The van der Waals surface area contributed by atoms with E-state index in [0.717, 1.165) is 50.0 Å². The lowest BCUT2D eigenvalue weighted by molar-refractivity contribution is -0.118. The second-order valence-electron chi connectivity index (χ2n) is 7.60. The monoisotopic (exact) mass is 365 g/mol. The molecule has 0 aromatic heterocycles. The summed E-state index contributed by atoms with van der Waals surface area (Å²) in [6.07, 6.45) is 7.51. The third-order valence-corrected chi connectivity index (χ3v) is 5.62. The first kappa shape index (κ1) is 16.5. The van der Waals surface area contributed by atoms with E-state index < -0.39 is 5.79 Å². The molecule has 5 nitrogen and oxygen atoms in total. The lowest BCUT2D eigenvalue weighted by Gasteiger charge is -2.21. The van der Waals surface area contributed by atoms with Crippen molar-refractivity contribution in [3.8, 4) is 17.2 Å². The van der Waals surface area contributed by atoms with Crippen molar-refractivity contribution in [3.05, 3.63) is 47.5 Å². The molecule has 2 aromatic rings. The van der Waals surface area contributed by atoms with Crippen molar-refractivity contribution in [2.24, 2.45) is 0 Å². The van der Waals surface area contributed by atoms with Gasteiger partial charge >= 0.3 is 0 Å². The zero-order chi connectivity index (χ0) is 18.3. The molecule has 0 bridgehead atoms. The quantitative estimate of drug-likeness (QED) is 0.881. The minimum atomic E-state index is -0.484. The Morgan fingerprint density at radius 2 is 1.78 bits per heavy atom. The van der Waals surface area contributed by atoms with Gasteiger partial charge in [0.05, 0.1) is 0 Å². The smallest absolute Gasteiger partial charge is 0.262 e. The summed E-state index contributed by atoms with van der Waals surface area (Å²) in [5.74, 6) is 1.53. The maximum Gasteiger partial charge on any atom is 0.262 e. The molecule has 1 fully saturated rings. The van der Waals surface area contributed by atoms with Crippen LogP contribution in [0.5, 0.6) is 17.2 Å². The van der Waals surface area contributed by atoms with E-state index in [1.54, 1.807) is 0 Å². The third kappa shape index (κ3) is 3.22. The highest BCUT2D eigenvalue weighted by Crippen LogP contribution is 2.47. The van der Waals surface area contributed by atoms with Crippen LogP contribution < -0.4 is 19.5 Å². The zero-order valence-corrected chi connectivity index (χ0v) is 15.3. The average Bonchev–Trinajstić information content (AvgIpc) is 3.39. The lowest BCUT2D eigenvalue weighted by atomic mass is 10.1. The zero-order valence-electron chi connectivity index (χ0n) is 15.3. The van der Waals surface area contributed by atoms with Gasteiger partial charge in [-0.25, -0.2) is 0 Å². The van der Waals surface area contributed by atoms with Gasteiger partial charge in [0.1, 0.15) is 5.75 Å². The molecule has 5 rings (SSSR count). The van der Waals surface area contributed by atoms with Crippen LogP contribution in [-0.4, -0.2) is 18.3 Å². The van der Waals surface area contributed by atoms with E-state index in [9.17, 15) is 4.79 Å². The highest BCUT2D eigenvalue weighted by molar-refractivity contribution is 5.92. The first-order chi connectivity index (χ1) is 13.2. The van der Waals surface area contributed by atoms with Crippen LogP contribution in [0, 0.1) is 0 Å². The van der Waals surface area contributed by atoms with Crippen LogP contribution in [0.15, 0.2) is 36.4 Å². The van der Waals surface area contributed by atoms with Crippen LogP contribution in [0.2, 0.25) is 0 Å². The van der Waals surface area contributed by atoms with Crippen molar-refractivity contribution in [2.75, 3.05) is 11.9 Å². The Balaban J connectivity index is 1.19. The molecule has 1 N–H and O–H groups in total. The van der Waals surface area contributed by atoms with E-state index in [1.807, 2.05) is 24.3 Å². The summed E-state index contributed by atoms with van der Waals surface area (Å²) in [7, 11) is 0. The first-order valence-electron chi connectivity index (χ1n) is 9.76. The molecule has 0 saturated heterocycles. The Morgan fingerprint density at radius 1 is 0.963 bits per heavy atom. The second kappa shape index (κ2) is 6.48. The summed E-state index contributed by atoms with van der Waals surface area (Å²) in [6, 6.07) is 11.6. The number of amides is 1. The number of carbonyl (C=O) groups excluding carboxylic acids is 1. The molecule has 27 heavy (non-hydrogen) atoms. The molecular weight excluding hydrogens is 342 g/mol. The van der Waals surface area contributed by atoms with Crippen LogP contribution in [0.25, 0.3) is 0 Å².